The molecule has 0 radical (unpaired) electrons. The van der Waals surface area contributed by atoms with Crippen molar-refractivity contribution in [1.82, 2.24) is 14.9 Å². The van der Waals surface area contributed by atoms with Gasteiger partial charge in [-0.2, -0.15) is 0 Å². The van der Waals surface area contributed by atoms with Crippen LogP contribution in [-0.4, -0.2) is 41.2 Å². The van der Waals surface area contributed by atoms with Gasteiger partial charge in [0.25, 0.3) is 0 Å². The molecule has 0 atom stereocenters. The summed E-state index contributed by atoms with van der Waals surface area (Å²) in [5, 5.41) is 3.43. The van der Waals surface area contributed by atoms with E-state index in [-0.39, 0.29) is 0 Å². The van der Waals surface area contributed by atoms with Crippen LogP contribution in [0.25, 0.3) is 0 Å². The Labute approximate surface area is 143 Å². The van der Waals surface area contributed by atoms with Gasteiger partial charge in [-0.3, -0.25) is 4.90 Å². The third-order valence-corrected chi connectivity index (χ3v) is 4.59. The van der Waals surface area contributed by atoms with E-state index in [0.29, 0.717) is 5.92 Å². The van der Waals surface area contributed by atoms with Gasteiger partial charge < -0.3 is 10.1 Å². The van der Waals surface area contributed by atoms with Crippen molar-refractivity contribution in [2.24, 2.45) is 0 Å². The zero-order valence-electron chi connectivity index (χ0n) is 13.9. The van der Waals surface area contributed by atoms with E-state index >= 15 is 0 Å². The number of hydrogen-bond donors (Lipinski definition) is 1. The summed E-state index contributed by atoms with van der Waals surface area (Å²) in [6, 6.07) is 10.7. The van der Waals surface area contributed by atoms with Crippen molar-refractivity contribution in [2.45, 2.75) is 31.8 Å². The molecular formula is C19H24N4O. The summed E-state index contributed by atoms with van der Waals surface area (Å²) in [5.74, 6) is 2.50. The first-order valence-electron chi connectivity index (χ1n) is 8.81. The number of benzene rings is 1. The summed E-state index contributed by atoms with van der Waals surface area (Å²) in [5.41, 5.74) is 2.64. The smallest absolute Gasteiger partial charge is 0.133 e. The van der Waals surface area contributed by atoms with Crippen molar-refractivity contribution in [3.63, 3.8) is 0 Å². The monoisotopic (exact) mass is 324 g/mol. The number of rotatable bonds is 6. The number of hydrogen-bond acceptors (Lipinski definition) is 5. The maximum Gasteiger partial charge on any atom is 0.133 e. The third-order valence-electron chi connectivity index (χ3n) is 4.59. The minimum Gasteiger partial charge on any atom is -0.379 e. The van der Waals surface area contributed by atoms with E-state index in [0.717, 1.165) is 51.0 Å². The fourth-order valence-corrected chi connectivity index (χ4v) is 3.06. The summed E-state index contributed by atoms with van der Waals surface area (Å²) >= 11 is 0. The van der Waals surface area contributed by atoms with Crippen LogP contribution < -0.4 is 5.32 Å². The Morgan fingerprint density at radius 2 is 1.96 bits per heavy atom. The normalized spacial score (nSPS) is 18.5. The molecule has 1 aliphatic carbocycles. The van der Waals surface area contributed by atoms with E-state index in [9.17, 15) is 0 Å². The highest BCUT2D eigenvalue weighted by Gasteiger charge is 2.26. The van der Waals surface area contributed by atoms with Crippen LogP contribution in [0.2, 0.25) is 0 Å². The van der Waals surface area contributed by atoms with Crippen molar-refractivity contribution >= 4 is 5.82 Å². The highest BCUT2D eigenvalue weighted by molar-refractivity contribution is 5.36. The molecule has 2 aromatic rings. The minimum atomic E-state index is 0.587. The molecule has 0 bridgehead atoms. The molecule has 2 heterocycles. The van der Waals surface area contributed by atoms with Gasteiger partial charge in [0, 0.05) is 38.3 Å². The lowest BCUT2D eigenvalue weighted by Gasteiger charge is -2.26. The van der Waals surface area contributed by atoms with Crippen molar-refractivity contribution in [1.29, 1.82) is 0 Å². The topological polar surface area (TPSA) is 50.3 Å². The summed E-state index contributed by atoms with van der Waals surface area (Å²) in [7, 11) is 0. The second kappa shape index (κ2) is 7.28. The van der Waals surface area contributed by atoms with Gasteiger partial charge in [0.05, 0.1) is 13.2 Å². The van der Waals surface area contributed by atoms with E-state index in [1.165, 1.54) is 24.0 Å². The molecule has 0 spiro atoms. The van der Waals surface area contributed by atoms with Gasteiger partial charge >= 0.3 is 0 Å². The number of nitrogens with one attached hydrogen (secondary N) is 1. The quantitative estimate of drug-likeness (QED) is 0.885. The number of aromatic nitrogens is 2. The zero-order valence-corrected chi connectivity index (χ0v) is 13.9. The largest absolute Gasteiger partial charge is 0.379 e. The summed E-state index contributed by atoms with van der Waals surface area (Å²) in [6.45, 7) is 5.52. The van der Waals surface area contributed by atoms with Crippen molar-refractivity contribution in [3.8, 4) is 0 Å². The van der Waals surface area contributed by atoms with E-state index < -0.39 is 0 Å². The minimum absolute atomic E-state index is 0.587. The molecule has 0 amide bonds. The van der Waals surface area contributed by atoms with E-state index in [1.54, 1.807) is 0 Å². The van der Waals surface area contributed by atoms with E-state index in [1.807, 2.05) is 12.3 Å². The number of anilines is 1. The first-order chi connectivity index (χ1) is 11.9. The Bertz CT molecular complexity index is 681. The molecule has 4 rings (SSSR count). The fourth-order valence-electron chi connectivity index (χ4n) is 3.06. The van der Waals surface area contributed by atoms with Crippen molar-refractivity contribution < 1.29 is 4.74 Å². The van der Waals surface area contributed by atoms with Gasteiger partial charge in [0.2, 0.25) is 0 Å². The molecule has 5 nitrogen and oxygen atoms in total. The molecule has 0 unspecified atom stereocenters. The molecule has 1 aromatic heterocycles. The Morgan fingerprint density at radius 3 is 2.79 bits per heavy atom. The van der Waals surface area contributed by atoms with Gasteiger partial charge in [-0.25, -0.2) is 9.97 Å². The van der Waals surface area contributed by atoms with E-state index in [2.05, 4.69) is 44.5 Å². The maximum atomic E-state index is 5.42. The van der Waals surface area contributed by atoms with Crippen molar-refractivity contribution in [3.05, 3.63) is 53.5 Å². The highest BCUT2D eigenvalue weighted by atomic mass is 16.5. The molecule has 2 aliphatic rings. The Morgan fingerprint density at radius 1 is 1.12 bits per heavy atom. The second-order valence-electron chi connectivity index (χ2n) is 6.64. The molecule has 1 aliphatic heterocycles. The first kappa shape index (κ1) is 15.5. The van der Waals surface area contributed by atoms with Crippen LogP contribution >= 0.6 is 0 Å². The first-order valence-corrected chi connectivity index (χ1v) is 8.81. The zero-order chi connectivity index (χ0) is 16.2. The predicted octanol–water partition coefficient (Wildman–Crippen LogP) is 2.80. The third kappa shape index (κ3) is 4.10. The molecule has 2 fully saturated rings. The fraction of sp³-hybridized carbons (Fsp3) is 0.474. The lowest BCUT2D eigenvalue weighted by atomic mass is 10.1. The summed E-state index contributed by atoms with van der Waals surface area (Å²) < 4.78 is 5.42. The summed E-state index contributed by atoms with van der Waals surface area (Å²) in [6.07, 6.45) is 4.32. The van der Waals surface area contributed by atoms with Crippen molar-refractivity contribution in [2.75, 3.05) is 31.6 Å². The lowest BCUT2D eigenvalue weighted by Crippen LogP contribution is -2.35. The molecule has 5 heteroatoms. The average Bonchev–Trinajstić information content (AvgIpc) is 3.47. The summed E-state index contributed by atoms with van der Waals surface area (Å²) in [4.78, 5) is 11.4. The van der Waals surface area contributed by atoms with Gasteiger partial charge in [-0.1, -0.05) is 24.3 Å². The average molecular weight is 324 g/mol. The van der Waals surface area contributed by atoms with Crippen LogP contribution in [-0.2, 0) is 17.8 Å². The molecule has 1 aromatic carbocycles. The number of nitrogens with zero attached hydrogens (tertiary/aromatic N) is 3. The molecule has 1 saturated heterocycles. The van der Waals surface area contributed by atoms with Gasteiger partial charge in [0.1, 0.15) is 11.6 Å². The predicted molar refractivity (Wildman–Crippen MR) is 93.9 cm³/mol. The Kier molecular flexibility index (Phi) is 4.71. The molecule has 126 valence electrons. The second-order valence-corrected chi connectivity index (χ2v) is 6.64. The molecule has 1 N–H and O–H groups in total. The van der Waals surface area contributed by atoms with Gasteiger partial charge in [0.15, 0.2) is 0 Å². The molecule has 1 saturated carbocycles. The Balaban J connectivity index is 1.36. The standard InChI is InChI=1S/C19H24N4O/c1-2-15(12-16(3-1)14-23-8-10-24-11-9-23)13-21-18-6-7-20-19(22-18)17-4-5-17/h1-3,6-7,12,17H,4-5,8-11,13-14H2,(H,20,21,22). The number of morpholine rings is 1. The van der Waals surface area contributed by atoms with Crippen LogP contribution in [0.1, 0.15) is 35.7 Å². The Hall–Kier alpha value is -1.98. The lowest BCUT2D eigenvalue weighted by molar-refractivity contribution is 0.0342. The number of ether oxygens (including phenoxy) is 1. The highest BCUT2D eigenvalue weighted by Crippen LogP contribution is 2.38. The maximum absolute atomic E-state index is 5.42. The van der Waals surface area contributed by atoms with E-state index in [4.69, 9.17) is 4.74 Å². The molecule has 24 heavy (non-hydrogen) atoms. The van der Waals surface area contributed by atoms with Crippen LogP contribution in [0, 0.1) is 0 Å². The van der Waals surface area contributed by atoms with Gasteiger partial charge in [-0.15, -0.1) is 0 Å². The van der Waals surface area contributed by atoms with Crippen LogP contribution in [0.4, 0.5) is 5.82 Å². The van der Waals surface area contributed by atoms with Crippen LogP contribution in [0.5, 0.6) is 0 Å². The SMILES string of the molecule is c1cc(CNc2ccnc(C3CC3)n2)cc(CN2CCOCC2)c1. The molecular weight excluding hydrogens is 300 g/mol. The van der Waals surface area contributed by atoms with Gasteiger partial charge in [-0.05, 0) is 30.0 Å². The van der Waals surface area contributed by atoms with Crippen LogP contribution in [0.3, 0.4) is 0 Å². The van der Waals surface area contributed by atoms with Crippen LogP contribution in [0.15, 0.2) is 36.5 Å².